The van der Waals surface area contributed by atoms with Gasteiger partial charge in [-0.2, -0.15) is 0 Å². The predicted octanol–water partition coefficient (Wildman–Crippen LogP) is 2.86. The Morgan fingerprint density at radius 3 is 2.58 bits per heavy atom. The molecule has 1 fully saturated rings. The number of halogens is 1. The molecular weight excluding hydrogens is 348 g/mol. The normalized spacial score (nSPS) is 15.0. The Balaban J connectivity index is 1.37. The minimum Gasteiger partial charge on any atom is -0.398 e. The standard InChI is InChI=1S/C20H25ClN4O/c21-16-5-3-6-17(15-16)25-13-11-24(12-14-25)10-4-9-23-20(26)18-7-1-2-8-19(18)22/h1-3,5-8,15H,4,9-14,22H2,(H,23,26). The third-order valence-corrected chi connectivity index (χ3v) is 4.92. The van der Waals surface area contributed by atoms with Crippen molar-refractivity contribution < 1.29 is 4.79 Å². The lowest BCUT2D eigenvalue weighted by atomic mass is 10.1. The Kier molecular flexibility index (Phi) is 6.36. The summed E-state index contributed by atoms with van der Waals surface area (Å²) >= 11 is 6.08. The van der Waals surface area contributed by atoms with Crippen LogP contribution in [0.2, 0.25) is 5.02 Å². The van der Waals surface area contributed by atoms with E-state index in [2.05, 4.69) is 21.2 Å². The molecule has 3 rings (SSSR count). The van der Waals surface area contributed by atoms with Crippen LogP contribution < -0.4 is 16.0 Å². The number of benzene rings is 2. The minimum absolute atomic E-state index is 0.103. The quantitative estimate of drug-likeness (QED) is 0.604. The monoisotopic (exact) mass is 372 g/mol. The molecular formula is C20H25ClN4O. The fourth-order valence-electron chi connectivity index (χ4n) is 3.21. The molecule has 0 aliphatic carbocycles. The summed E-state index contributed by atoms with van der Waals surface area (Å²) in [6.07, 6.45) is 0.926. The number of nitrogens with one attached hydrogen (secondary N) is 1. The largest absolute Gasteiger partial charge is 0.398 e. The molecule has 1 amide bonds. The average Bonchev–Trinajstić information content (AvgIpc) is 2.66. The van der Waals surface area contributed by atoms with Crippen molar-refractivity contribution in [3.05, 3.63) is 59.1 Å². The van der Waals surface area contributed by atoms with Gasteiger partial charge >= 0.3 is 0 Å². The van der Waals surface area contributed by atoms with Crippen molar-refractivity contribution in [2.45, 2.75) is 6.42 Å². The molecule has 2 aromatic rings. The zero-order valence-corrected chi connectivity index (χ0v) is 15.6. The number of hydrogen-bond acceptors (Lipinski definition) is 4. The highest BCUT2D eigenvalue weighted by molar-refractivity contribution is 6.30. The van der Waals surface area contributed by atoms with Crippen molar-refractivity contribution in [1.82, 2.24) is 10.2 Å². The van der Waals surface area contributed by atoms with Crippen molar-refractivity contribution >= 4 is 28.9 Å². The summed E-state index contributed by atoms with van der Waals surface area (Å²) in [7, 11) is 0. The van der Waals surface area contributed by atoms with E-state index in [1.165, 1.54) is 5.69 Å². The van der Waals surface area contributed by atoms with Crippen LogP contribution in [0.1, 0.15) is 16.8 Å². The third kappa shape index (κ3) is 4.90. The first kappa shape index (κ1) is 18.5. The van der Waals surface area contributed by atoms with Crippen molar-refractivity contribution in [3.63, 3.8) is 0 Å². The molecule has 1 heterocycles. The van der Waals surface area contributed by atoms with E-state index in [1.54, 1.807) is 12.1 Å². The van der Waals surface area contributed by atoms with Crippen molar-refractivity contribution in [1.29, 1.82) is 0 Å². The molecule has 0 radical (unpaired) electrons. The molecule has 0 atom stereocenters. The number of nitrogen functional groups attached to an aromatic ring is 1. The van der Waals surface area contributed by atoms with Crippen LogP contribution in [0.4, 0.5) is 11.4 Å². The van der Waals surface area contributed by atoms with E-state index in [4.69, 9.17) is 17.3 Å². The first-order valence-corrected chi connectivity index (χ1v) is 9.37. The van der Waals surface area contributed by atoms with Crippen LogP contribution in [0, 0.1) is 0 Å². The highest BCUT2D eigenvalue weighted by atomic mass is 35.5. The number of hydrogen-bond donors (Lipinski definition) is 2. The number of anilines is 2. The van der Waals surface area contributed by atoms with Gasteiger partial charge in [0.25, 0.3) is 5.91 Å². The van der Waals surface area contributed by atoms with Crippen LogP contribution in [0.5, 0.6) is 0 Å². The second-order valence-corrected chi connectivity index (χ2v) is 6.94. The van der Waals surface area contributed by atoms with Crippen LogP contribution >= 0.6 is 11.6 Å². The fraction of sp³-hybridized carbons (Fsp3) is 0.350. The van der Waals surface area contributed by atoms with Gasteiger partial charge in [-0.1, -0.05) is 29.8 Å². The maximum atomic E-state index is 12.1. The number of piperazine rings is 1. The van der Waals surface area contributed by atoms with Crippen LogP contribution in [-0.2, 0) is 0 Å². The van der Waals surface area contributed by atoms with Gasteiger partial charge in [-0.15, -0.1) is 0 Å². The summed E-state index contributed by atoms with van der Waals surface area (Å²) in [6, 6.07) is 15.2. The smallest absolute Gasteiger partial charge is 0.253 e. The summed E-state index contributed by atoms with van der Waals surface area (Å²) in [5, 5.41) is 3.73. The lowest BCUT2D eigenvalue weighted by Crippen LogP contribution is -2.47. The summed E-state index contributed by atoms with van der Waals surface area (Å²) in [6.45, 7) is 5.66. The zero-order chi connectivity index (χ0) is 18.4. The van der Waals surface area contributed by atoms with Gasteiger partial charge in [0, 0.05) is 49.1 Å². The van der Waals surface area contributed by atoms with E-state index in [9.17, 15) is 4.79 Å². The first-order chi connectivity index (χ1) is 12.6. The van der Waals surface area contributed by atoms with Crippen molar-refractivity contribution in [2.24, 2.45) is 0 Å². The molecule has 1 aliphatic heterocycles. The molecule has 0 saturated carbocycles. The average molecular weight is 373 g/mol. The molecule has 0 spiro atoms. The van der Waals surface area contributed by atoms with E-state index in [1.807, 2.05) is 30.3 Å². The fourth-order valence-corrected chi connectivity index (χ4v) is 3.39. The number of rotatable bonds is 6. The third-order valence-electron chi connectivity index (χ3n) is 4.69. The molecule has 3 N–H and O–H groups in total. The van der Waals surface area contributed by atoms with E-state index in [0.717, 1.165) is 44.2 Å². The van der Waals surface area contributed by atoms with Crippen molar-refractivity contribution in [2.75, 3.05) is 49.9 Å². The van der Waals surface area contributed by atoms with E-state index in [-0.39, 0.29) is 5.91 Å². The minimum atomic E-state index is -0.103. The van der Waals surface area contributed by atoms with Gasteiger partial charge in [0.2, 0.25) is 0 Å². The number of carbonyl (C=O) groups is 1. The van der Waals surface area contributed by atoms with Crippen LogP contribution in [0.25, 0.3) is 0 Å². The SMILES string of the molecule is Nc1ccccc1C(=O)NCCCN1CCN(c2cccc(Cl)c2)CC1. The van der Waals surface area contributed by atoms with Gasteiger partial charge in [0.15, 0.2) is 0 Å². The van der Waals surface area contributed by atoms with Crippen molar-refractivity contribution in [3.8, 4) is 0 Å². The lowest BCUT2D eigenvalue weighted by molar-refractivity contribution is 0.0952. The second-order valence-electron chi connectivity index (χ2n) is 6.51. The zero-order valence-electron chi connectivity index (χ0n) is 14.8. The Bertz CT molecular complexity index is 744. The summed E-state index contributed by atoms with van der Waals surface area (Å²) in [5.74, 6) is -0.103. The molecule has 138 valence electrons. The highest BCUT2D eigenvalue weighted by Crippen LogP contribution is 2.20. The molecule has 0 aromatic heterocycles. The van der Waals surface area contributed by atoms with Crippen LogP contribution in [0.3, 0.4) is 0 Å². The highest BCUT2D eigenvalue weighted by Gasteiger charge is 2.17. The Morgan fingerprint density at radius 2 is 1.85 bits per heavy atom. The summed E-state index contributed by atoms with van der Waals surface area (Å²) < 4.78 is 0. The summed E-state index contributed by atoms with van der Waals surface area (Å²) in [4.78, 5) is 16.9. The van der Waals surface area contributed by atoms with Gasteiger partial charge in [-0.3, -0.25) is 9.69 Å². The van der Waals surface area contributed by atoms with Gasteiger partial charge in [-0.05, 0) is 43.3 Å². The Labute approximate surface area is 159 Å². The molecule has 0 bridgehead atoms. The molecule has 6 heteroatoms. The number of para-hydroxylation sites is 1. The Morgan fingerprint density at radius 1 is 1.08 bits per heavy atom. The van der Waals surface area contributed by atoms with E-state index < -0.39 is 0 Å². The Hall–Kier alpha value is -2.24. The van der Waals surface area contributed by atoms with Gasteiger partial charge in [-0.25, -0.2) is 0 Å². The predicted molar refractivity (Wildman–Crippen MR) is 108 cm³/mol. The summed E-state index contributed by atoms with van der Waals surface area (Å²) in [5.41, 5.74) is 8.08. The number of nitrogens with zero attached hydrogens (tertiary/aromatic N) is 2. The molecule has 0 unspecified atom stereocenters. The first-order valence-electron chi connectivity index (χ1n) is 8.99. The number of amides is 1. The van der Waals surface area contributed by atoms with Crippen LogP contribution in [-0.4, -0.2) is 50.1 Å². The second kappa shape index (κ2) is 8.92. The lowest BCUT2D eigenvalue weighted by Gasteiger charge is -2.36. The van der Waals surface area contributed by atoms with E-state index >= 15 is 0 Å². The van der Waals surface area contributed by atoms with E-state index in [0.29, 0.717) is 17.8 Å². The maximum Gasteiger partial charge on any atom is 0.253 e. The van der Waals surface area contributed by atoms with Gasteiger partial charge in [0.1, 0.15) is 0 Å². The topological polar surface area (TPSA) is 61.6 Å². The molecule has 5 nitrogen and oxygen atoms in total. The number of carbonyl (C=O) groups excluding carboxylic acids is 1. The molecule has 2 aromatic carbocycles. The van der Waals surface area contributed by atoms with Gasteiger partial charge < -0.3 is 16.0 Å². The maximum absolute atomic E-state index is 12.1. The van der Waals surface area contributed by atoms with Crippen LogP contribution in [0.15, 0.2) is 48.5 Å². The molecule has 26 heavy (non-hydrogen) atoms. The molecule has 1 aliphatic rings. The number of nitrogens with two attached hydrogens (primary N) is 1. The van der Waals surface area contributed by atoms with Gasteiger partial charge in [0.05, 0.1) is 5.56 Å². The molecule has 1 saturated heterocycles.